The number of hydrogen-bond donors (Lipinski definition) is 1. The number of nitrogens with zero attached hydrogens (tertiary/aromatic N) is 3. The van der Waals surface area contributed by atoms with Gasteiger partial charge in [0.2, 0.25) is 0 Å². The van der Waals surface area contributed by atoms with E-state index in [1.165, 1.54) is 5.56 Å². The molecule has 7 nitrogen and oxygen atoms in total. The summed E-state index contributed by atoms with van der Waals surface area (Å²) in [4.78, 5) is 27.7. The number of likely N-dealkylation sites (tertiary alicyclic amines) is 1. The topological polar surface area (TPSA) is 76.5 Å². The molecule has 2 aromatic carbocycles. The number of piperidine rings is 1. The molecule has 36 heavy (non-hydrogen) atoms. The third kappa shape index (κ3) is 5.90. The molecule has 0 saturated carbocycles. The lowest BCUT2D eigenvalue weighted by atomic mass is 9.90. The quantitative estimate of drug-likeness (QED) is 0.429. The van der Waals surface area contributed by atoms with Crippen LogP contribution in [-0.2, 0) is 11.2 Å². The molecule has 1 N–H and O–H groups in total. The van der Waals surface area contributed by atoms with Gasteiger partial charge in [0.25, 0.3) is 5.91 Å². The zero-order chi connectivity index (χ0) is 25.9. The highest BCUT2D eigenvalue weighted by Gasteiger charge is 2.32. The molecule has 1 saturated heterocycles. The van der Waals surface area contributed by atoms with Crippen molar-refractivity contribution in [3.05, 3.63) is 76.6 Å². The Kier molecular flexibility index (Phi) is 7.69. The molecule has 3 aromatic rings. The zero-order valence-corrected chi connectivity index (χ0v) is 22.0. The summed E-state index contributed by atoms with van der Waals surface area (Å²) in [5, 5.41) is 8.14. The molecule has 2 amide bonds. The SMILES string of the molecule is CCc1ccc(NC(=O)c2cnn(-c3ccccc3Cl)c2C2CCN(C(=O)OC(C)(C)C)CC2)cc1. The Morgan fingerprint density at radius 3 is 2.36 bits per heavy atom. The van der Waals surface area contributed by atoms with Gasteiger partial charge in [-0.2, -0.15) is 5.10 Å². The highest BCUT2D eigenvalue weighted by atomic mass is 35.5. The first kappa shape index (κ1) is 25.8. The first-order valence-corrected chi connectivity index (χ1v) is 12.7. The van der Waals surface area contributed by atoms with Gasteiger partial charge in [-0.1, -0.05) is 42.8 Å². The molecule has 1 aliphatic rings. The standard InChI is InChI=1S/C28H33ClN4O3/c1-5-19-10-12-21(13-11-19)31-26(34)22-18-30-33(24-9-7-6-8-23(24)29)25(22)20-14-16-32(17-15-20)27(35)36-28(2,3)4/h6-13,18,20H,5,14-17H2,1-4H3,(H,31,34). The number of amides is 2. The molecular weight excluding hydrogens is 476 g/mol. The lowest BCUT2D eigenvalue weighted by Crippen LogP contribution is -2.41. The molecule has 0 aliphatic carbocycles. The van der Waals surface area contributed by atoms with Crippen molar-refractivity contribution < 1.29 is 14.3 Å². The number of nitrogens with one attached hydrogen (secondary N) is 1. The third-order valence-electron chi connectivity index (χ3n) is 6.29. The predicted molar refractivity (Wildman–Crippen MR) is 142 cm³/mol. The molecule has 0 atom stereocenters. The summed E-state index contributed by atoms with van der Waals surface area (Å²) in [6.07, 6.45) is 3.59. The summed E-state index contributed by atoms with van der Waals surface area (Å²) in [6, 6.07) is 15.3. The van der Waals surface area contributed by atoms with Gasteiger partial charge in [0.05, 0.1) is 28.2 Å². The van der Waals surface area contributed by atoms with Crippen LogP contribution in [0.2, 0.25) is 5.02 Å². The van der Waals surface area contributed by atoms with E-state index in [2.05, 4.69) is 17.3 Å². The van der Waals surface area contributed by atoms with E-state index in [0.717, 1.165) is 23.5 Å². The largest absolute Gasteiger partial charge is 0.444 e. The van der Waals surface area contributed by atoms with Crippen molar-refractivity contribution in [1.29, 1.82) is 0 Å². The van der Waals surface area contributed by atoms with Crippen molar-refractivity contribution in [1.82, 2.24) is 14.7 Å². The monoisotopic (exact) mass is 508 g/mol. The molecule has 0 unspecified atom stereocenters. The van der Waals surface area contributed by atoms with Crippen LogP contribution in [0.15, 0.2) is 54.7 Å². The van der Waals surface area contributed by atoms with Gasteiger partial charge in [0, 0.05) is 24.7 Å². The average Bonchev–Trinajstić information content (AvgIpc) is 3.29. The summed E-state index contributed by atoms with van der Waals surface area (Å²) in [7, 11) is 0. The van der Waals surface area contributed by atoms with Crippen LogP contribution in [0.3, 0.4) is 0 Å². The van der Waals surface area contributed by atoms with Gasteiger partial charge < -0.3 is 15.0 Å². The van der Waals surface area contributed by atoms with Crippen LogP contribution in [0.1, 0.15) is 68.1 Å². The minimum absolute atomic E-state index is 0.0191. The fourth-order valence-corrected chi connectivity index (χ4v) is 4.64. The summed E-state index contributed by atoms with van der Waals surface area (Å²) in [6.45, 7) is 8.75. The fourth-order valence-electron chi connectivity index (χ4n) is 4.43. The molecule has 2 heterocycles. The molecule has 8 heteroatoms. The highest BCUT2D eigenvalue weighted by Crippen LogP contribution is 2.34. The van der Waals surface area contributed by atoms with Crippen LogP contribution in [0.5, 0.6) is 0 Å². The second kappa shape index (κ2) is 10.7. The van der Waals surface area contributed by atoms with Crippen LogP contribution in [0, 0.1) is 0 Å². The Morgan fingerprint density at radius 2 is 1.75 bits per heavy atom. The van der Waals surface area contributed by atoms with E-state index in [1.807, 2.05) is 69.3 Å². The summed E-state index contributed by atoms with van der Waals surface area (Å²) < 4.78 is 7.31. The van der Waals surface area contributed by atoms with E-state index < -0.39 is 5.60 Å². The van der Waals surface area contributed by atoms with Crippen LogP contribution in [0.4, 0.5) is 10.5 Å². The number of halogens is 1. The minimum Gasteiger partial charge on any atom is -0.444 e. The van der Waals surface area contributed by atoms with Crippen molar-refractivity contribution in [2.75, 3.05) is 18.4 Å². The van der Waals surface area contributed by atoms with Gasteiger partial charge >= 0.3 is 6.09 Å². The van der Waals surface area contributed by atoms with Crippen molar-refractivity contribution >= 4 is 29.3 Å². The smallest absolute Gasteiger partial charge is 0.410 e. The third-order valence-corrected chi connectivity index (χ3v) is 6.60. The predicted octanol–water partition coefficient (Wildman–Crippen LogP) is 6.45. The normalized spacial score (nSPS) is 14.5. The van der Waals surface area contributed by atoms with Crippen molar-refractivity contribution in [3.8, 4) is 5.69 Å². The molecule has 0 spiro atoms. The number of anilines is 1. The van der Waals surface area contributed by atoms with E-state index in [-0.39, 0.29) is 17.9 Å². The summed E-state index contributed by atoms with van der Waals surface area (Å²) >= 11 is 6.51. The fraction of sp³-hybridized carbons (Fsp3) is 0.393. The Labute approximate surface area is 217 Å². The Bertz CT molecular complexity index is 1220. The molecule has 1 aromatic heterocycles. The first-order chi connectivity index (χ1) is 17.2. The molecule has 190 valence electrons. The van der Waals surface area contributed by atoms with Crippen LogP contribution < -0.4 is 5.32 Å². The van der Waals surface area contributed by atoms with Crippen molar-refractivity contribution in [2.24, 2.45) is 0 Å². The molecule has 1 aliphatic heterocycles. The van der Waals surface area contributed by atoms with Crippen LogP contribution in [0.25, 0.3) is 5.69 Å². The van der Waals surface area contributed by atoms with Crippen LogP contribution >= 0.6 is 11.6 Å². The van der Waals surface area contributed by atoms with E-state index in [9.17, 15) is 9.59 Å². The maximum atomic E-state index is 13.4. The Morgan fingerprint density at radius 1 is 1.08 bits per heavy atom. The number of carbonyl (C=O) groups excluding carboxylic acids is 2. The summed E-state index contributed by atoms with van der Waals surface area (Å²) in [5.74, 6) is -0.201. The highest BCUT2D eigenvalue weighted by molar-refractivity contribution is 6.32. The van der Waals surface area contributed by atoms with Crippen molar-refractivity contribution in [2.45, 2.75) is 58.5 Å². The average molecular weight is 509 g/mol. The number of aromatic nitrogens is 2. The molecule has 1 fully saturated rings. The zero-order valence-electron chi connectivity index (χ0n) is 21.3. The maximum absolute atomic E-state index is 13.4. The molecule has 0 bridgehead atoms. The number of para-hydroxylation sites is 1. The lowest BCUT2D eigenvalue weighted by Gasteiger charge is -2.34. The number of ether oxygens (including phenoxy) is 1. The minimum atomic E-state index is -0.544. The van der Waals surface area contributed by atoms with Gasteiger partial charge in [-0.3, -0.25) is 4.79 Å². The summed E-state index contributed by atoms with van der Waals surface area (Å²) in [5.41, 5.74) is 3.41. The van der Waals surface area contributed by atoms with Crippen molar-refractivity contribution in [3.63, 3.8) is 0 Å². The number of rotatable bonds is 5. The van der Waals surface area contributed by atoms with Gasteiger partial charge in [0.1, 0.15) is 5.60 Å². The molecular formula is C28H33ClN4O3. The lowest BCUT2D eigenvalue weighted by molar-refractivity contribution is 0.0203. The second-order valence-corrected chi connectivity index (χ2v) is 10.5. The maximum Gasteiger partial charge on any atom is 0.410 e. The van der Waals surface area contributed by atoms with Gasteiger partial charge in [0.15, 0.2) is 0 Å². The number of hydrogen-bond acceptors (Lipinski definition) is 4. The van der Waals surface area contributed by atoms with Gasteiger partial charge in [-0.15, -0.1) is 0 Å². The van der Waals surface area contributed by atoms with E-state index in [0.29, 0.717) is 36.5 Å². The van der Waals surface area contributed by atoms with Gasteiger partial charge in [-0.25, -0.2) is 9.48 Å². The Hall–Kier alpha value is -3.32. The van der Waals surface area contributed by atoms with E-state index >= 15 is 0 Å². The van der Waals surface area contributed by atoms with E-state index in [1.54, 1.807) is 15.8 Å². The Balaban J connectivity index is 1.61. The van der Waals surface area contributed by atoms with Crippen LogP contribution in [-0.4, -0.2) is 45.4 Å². The molecule has 0 radical (unpaired) electrons. The number of benzene rings is 2. The second-order valence-electron chi connectivity index (χ2n) is 10.1. The number of aryl methyl sites for hydroxylation is 1. The van der Waals surface area contributed by atoms with Gasteiger partial charge in [-0.05, 0) is 69.9 Å². The molecule has 4 rings (SSSR count). The number of carbonyl (C=O) groups is 2. The van der Waals surface area contributed by atoms with E-state index in [4.69, 9.17) is 16.3 Å². The first-order valence-electron chi connectivity index (χ1n) is 12.4.